The topological polar surface area (TPSA) is 77.6 Å². The number of pyridine rings is 1. The highest BCUT2D eigenvalue weighted by molar-refractivity contribution is 5.56. The second-order valence-corrected chi connectivity index (χ2v) is 3.65. The van der Waals surface area contributed by atoms with Gasteiger partial charge in [0.15, 0.2) is 0 Å². The Bertz CT molecular complexity index is 547. The molecule has 0 saturated heterocycles. The van der Waals surface area contributed by atoms with E-state index in [0.29, 0.717) is 0 Å². The fourth-order valence-electron chi connectivity index (χ4n) is 1.37. The lowest BCUT2D eigenvalue weighted by Gasteiger charge is -1.95. The standard InChI is InChI=1S/C8H6N4.C6H7N/c1-4-9-5-2-7(1)8-3-6-10-12-11-8;7-6-4-2-1-3-5-6/h1-6H;1-5H,7H2. The molecule has 1 aromatic carbocycles. The molecule has 2 aromatic heterocycles. The van der Waals surface area contributed by atoms with Gasteiger partial charge in [-0.25, -0.2) is 0 Å². The number of anilines is 1. The van der Waals surface area contributed by atoms with E-state index >= 15 is 0 Å². The highest BCUT2D eigenvalue weighted by Crippen LogP contribution is 2.12. The van der Waals surface area contributed by atoms with Crippen LogP contribution < -0.4 is 5.73 Å². The first-order chi connectivity index (χ1) is 9.36. The first kappa shape index (κ1) is 12.6. The molecular formula is C14H13N5. The Hall–Kier alpha value is -2.82. The molecule has 19 heavy (non-hydrogen) atoms. The van der Waals surface area contributed by atoms with Crippen molar-refractivity contribution in [3.05, 3.63) is 67.1 Å². The Morgan fingerprint density at radius 1 is 0.789 bits per heavy atom. The zero-order valence-electron chi connectivity index (χ0n) is 10.2. The second-order valence-electron chi connectivity index (χ2n) is 3.65. The van der Waals surface area contributed by atoms with Gasteiger partial charge in [-0.1, -0.05) is 18.2 Å². The van der Waals surface area contributed by atoms with Crippen LogP contribution >= 0.6 is 0 Å². The van der Waals surface area contributed by atoms with Crippen LogP contribution in [0.25, 0.3) is 11.3 Å². The van der Waals surface area contributed by atoms with Gasteiger partial charge in [-0.05, 0) is 35.5 Å². The highest BCUT2D eigenvalue weighted by atomic mass is 15.3. The lowest BCUT2D eigenvalue weighted by atomic mass is 10.2. The summed E-state index contributed by atoms with van der Waals surface area (Å²) in [4.78, 5) is 3.91. The van der Waals surface area contributed by atoms with E-state index in [-0.39, 0.29) is 0 Å². The van der Waals surface area contributed by atoms with Crippen LogP contribution in [0.4, 0.5) is 5.69 Å². The van der Waals surface area contributed by atoms with Gasteiger partial charge in [0, 0.05) is 23.6 Å². The smallest absolute Gasteiger partial charge is 0.0964 e. The van der Waals surface area contributed by atoms with E-state index < -0.39 is 0 Å². The molecule has 0 saturated carbocycles. The van der Waals surface area contributed by atoms with Gasteiger partial charge < -0.3 is 5.73 Å². The highest BCUT2D eigenvalue weighted by Gasteiger charge is 1.95. The maximum absolute atomic E-state index is 5.36. The molecule has 3 aromatic rings. The van der Waals surface area contributed by atoms with Crippen molar-refractivity contribution in [3.63, 3.8) is 0 Å². The van der Waals surface area contributed by atoms with E-state index in [4.69, 9.17) is 5.73 Å². The fourth-order valence-corrected chi connectivity index (χ4v) is 1.37. The van der Waals surface area contributed by atoms with Gasteiger partial charge in [0.2, 0.25) is 0 Å². The number of para-hydroxylation sites is 1. The predicted octanol–water partition coefficient (Wildman–Crippen LogP) is 2.20. The number of rotatable bonds is 1. The molecule has 0 aliphatic rings. The molecule has 0 atom stereocenters. The minimum Gasteiger partial charge on any atom is -0.399 e. The van der Waals surface area contributed by atoms with Crippen LogP contribution in [-0.2, 0) is 0 Å². The molecule has 0 aliphatic carbocycles. The third-order valence-electron chi connectivity index (χ3n) is 2.28. The SMILES string of the molecule is Nc1ccccc1.c1cc(-c2ccnnn2)ccn1. The van der Waals surface area contributed by atoms with Crippen molar-refractivity contribution in [2.75, 3.05) is 5.73 Å². The normalized spacial score (nSPS) is 9.26. The van der Waals surface area contributed by atoms with Crippen LogP contribution in [0, 0.1) is 0 Å². The van der Waals surface area contributed by atoms with Crippen LogP contribution in [0.1, 0.15) is 0 Å². The molecule has 0 bridgehead atoms. The summed E-state index contributed by atoms with van der Waals surface area (Å²) in [5, 5.41) is 11.0. The molecule has 5 nitrogen and oxygen atoms in total. The summed E-state index contributed by atoms with van der Waals surface area (Å²) < 4.78 is 0. The predicted molar refractivity (Wildman–Crippen MR) is 73.9 cm³/mol. The Kier molecular flexibility index (Phi) is 4.52. The third kappa shape index (κ3) is 4.16. The number of aromatic nitrogens is 4. The first-order valence-electron chi connectivity index (χ1n) is 5.71. The van der Waals surface area contributed by atoms with Gasteiger partial charge >= 0.3 is 0 Å². The summed E-state index contributed by atoms with van der Waals surface area (Å²) in [7, 11) is 0. The quantitative estimate of drug-likeness (QED) is 0.671. The molecule has 2 N–H and O–H groups in total. The van der Waals surface area contributed by atoms with Crippen molar-refractivity contribution in [1.29, 1.82) is 0 Å². The molecule has 5 heteroatoms. The van der Waals surface area contributed by atoms with Gasteiger partial charge in [-0.15, -0.1) is 10.2 Å². The van der Waals surface area contributed by atoms with E-state index in [2.05, 4.69) is 20.4 Å². The molecular weight excluding hydrogens is 238 g/mol. The molecule has 0 fully saturated rings. The summed E-state index contributed by atoms with van der Waals surface area (Å²) in [6.45, 7) is 0. The second kappa shape index (κ2) is 6.80. The Balaban J connectivity index is 0.000000163. The van der Waals surface area contributed by atoms with E-state index in [0.717, 1.165) is 16.9 Å². The molecule has 0 aliphatic heterocycles. The van der Waals surface area contributed by atoms with Gasteiger partial charge in [0.1, 0.15) is 0 Å². The van der Waals surface area contributed by atoms with Gasteiger partial charge in [-0.2, -0.15) is 0 Å². The van der Waals surface area contributed by atoms with Crippen LogP contribution in [0.3, 0.4) is 0 Å². The van der Waals surface area contributed by atoms with Crippen molar-refractivity contribution in [3.8, 4) is 11.3 Å². The van der Waals surface area contributed by atoms with Crippen molar-refractivity contribution >= 4 is 5.69 Å². The third-order valence-corrected chi connectivity index (χ3v) is 2.28. The molecule has 3 rings (SSSR count). The van der Waals surface area contributed by atoms with E-state index in [1.807, 2.05) is 48.5 Å². The largest absolute Gasteiger partial charge is 0.399 e. The summed E-state index contributed by atoms with van der Waals surface area (Å²) in [6, 6.07) is 15.1. The fraction of sp³-hybridized carbons (Fsp3) is 0. The molecule has 94 valence electrons. The number of benzene rings is 1. The van der Waals surface area contributed by atoms with Crippen LogP contribution in [0.5, 0.6) is 0 Å². The maximum atomic E-state index is 5.36. The minimum atomic E-state index is 0.812. The van der Waals surface area contributed by atoms with Gasteiger partial charge in [0.05, 0.1) is 11.9 Å². The Labute approximate surface area is 111 Å². The Morgan fingerprint density at radius 3 is 2.05 bits per heavy atom. The Morgan fingerprint density at radius 2 is 1.53 bits per heavy atom. The van der Waals surface area contributed by atoms with Crippen LogP contribution in [0.2, 0.25) is 0 Å². The number of hydrogen-bond donors (Lipinski definition) is 1. The van der Waals surface area contributed by atoms with Crippen LogP contribution in [-0.4, -0.2) is 20.4 Å². The lowest BCUT2D eigenvalue weighted by molar-refractivity contribution is 0.870. The first-order valence-corrected chi connectivity index (χ1v) is 5.71. The van der Waals surface area contributed by atoms with E-state index in [1.54, 1.807) is 18.6 Å². The summed E-state index contributed by atoms with van der Waals surface area (Å²) >= 11 is 0. The molecule has 0 radical (unpaired) electrons. The lowest BCUT2D eigenvalue weighted by Crippen LogP contribution is -1.88. The summed E-state index contributed by atoms with van der Waals surface area (Å²) in [5.74, 6) is 0. The van der Waals surface area contributed by atoms with Gasteiger partial charge in [0.25, 0.3) is 0 Å². The average molecular weight is 251 g/mol. The van der Waals surface area contributed by atoms with Crippen LogP contribution in [0.15, 0.2) is 67.1 Å². The monoisotopic (exact) mass is 251 g/mol. The van der Waals surface area contributed by atoms with E-state index in [9.17, 15) is 0 Å². The molecule has 0 unspecified atom stereocenters. The molecule has 0 amide bonds. The van der Waals surface area contributed by atoms with Gasteiger partial charge in [-0.3, -0.25) is 4.98 Å². The minimum absolute atomic E-state index is 0.812. The molecule has 0 spiro atoms. The van der Waals surface area contributed by atoms with Crippen molar-refractivity contribution in [2.24, 2.45) is 0 Å². The number of hydrogen-bond acceptors (Lipinski definition) is 5. The van der Waals surface area contributed by atoms with Crippen molar-refractivity contribution < 1.29 is 0 Å². The summed E-state index contributed by atoms with van der Waals surface area (Å²) in [6.07, 6.45) is 5.05. The zero-order chi connectivity index (χ0) is 13.3. The van der Waals surface area contributed by atoms with E-state index in [1.165, 1.54) is 0 Å². The number of nitrogens with zero attached hydrogens (tertiary/aromatic N) is 4. The number of nitrogen functional groups attached to an aromatic ring is 1. The summed E-state index contributed by atoms with van der Waals surface area (Å²) in [5.41, 5.74) is 7.99. The molecule has 2 heterocycles. The average Bonchev–Trinajstić information content (AvgIpc) is 2.51. The maximum Gasteiger partial charge on any atom is 0.0964 e. The van der Waals surface area contributed by atoms with Crippen molar-refractivity contribution in [2.45, 2.75) is 0 Å². The zero-order valence-corrected chi connectivity index (χ0v) is 10.2. The number of nitrogens with two attached hydrogens (primary N) is 1. The van der Waals surface area contributed by atoms with Crippen molar-refractivity contribution in [1.82, 2.24) is 20.4 Å².